The first-order valence-corrected chi connectivity index (χ1v) is 8.50. The van der Waals surface area contributed by atoms with Crippen LogP contribution in [0.15, 0.2) is 42.5 Å². The van der Waals surface area contributed by atoms with E-state index in [9.17, 15) is 9.18 Å². The smallest absolute Gasteiger partial charge is 0.254 e. The zero-order valence-electron chi connectivity index (χ0n) is 14.9. The Morgan fingerprint density at radius 2 is 2.04 bits per heavy atom. The largest absolute Gasteiger partial charge is 0.497 e. The lowest BCUT2D eigenvalue weighted by Crippen LogP contribution is -2.47. The number of aryl methyl sites for hydroxylation is 1. The van der Waals surface area contributed by atoms with E-state index >= 15 is 0 Å². The Morgan fingerprint density at radius 3 is 2.77 bits per heavy atom. The molecule has 0 aromatic heterocycles. The molecule has 3 rings (SSSR count). The monoisotopic (exact) mass is 359 g/mol. The Bertz CT molecular complexity index is 763. The lowest BCUT2D eigenvalue weighted by atomic mass is 10.1. The first kappa shape index (κ1) is 18.2. The van der Waals surface area contributed by atoms with Gasteiger partial charge in [-0.05, 0) is 48.9 Å². The summed E-state index contributed by atoms with van der Waals surface area (Å²) in [5.41, 5.74) is 1.51. The average molecular weight is 359 g/mol. The molecule has 0 bridgehead atoms. The summed E-state index contributed by atoms with van der Waals surface area (Å²) in [6, 6.07) is 11.7. The van der Waals surface area contributed by atoms with Crippen LogP contribution in [0.2, 0.25) is 0 Å². The Balaban J connectivity index is 1.59. The highest BCUT2D eigenvalue weighted by atomic mass is 19.1. The molecular formula is C20H22FNO4. The van der Waals surface area contributed by atoms with Crippen LogP contribution in [0, 0.1) is 12.7 Å². The molecule has 1 heterocycles. The van der Waals surface area contributed by atoms with Gasteiger partial charge in [-0.1, -0.05) is 6.07 Å². The van der Waals surface area contributed by atoms with Crippen LogP contribution in [0.5, 0.6) is 11.5 Å². The van der Waals surface area contributed by atoms with E-state index in [4.69, 9.17) is 14.2 Å². The molecule has 0 aliphatic carbocycles. The highest BCUT2D eigenvalue weighted by Crippen LogP contribution is 2.20. The number of amides is 1. The van der Waals surface area contributed by atoms with Gasteiger partial charge < -0.3 is 19.1 Å². The normalized spacial score (nSPS) is 17.0. The summed E-state index contributed by atoms with van der Waals surface area (Å²) in [5.74, 6) is 0.433. The number of hydrogen-bond acceptors (Lipinski definition) is 4. The van der Waals surface area contributed by atoms with E-state index in [0.717, 1.165) is 5.56 Å². The van der Waals surface area contributed by atoms with Crippen LogP contribution in [-0.2, 0) is 4.74 Å². The molecule has 0 radical (unpaired) electrons. The number of halogens is 1. The predicted molar refractivity (Wildman–Crippen MR) is 95.3 cm³/mol. The van der Waals surface area contributed by atoms with Crippen LogP contribution in [-0.4, -0.2) is 50.3 Å². The highest BCUT2D eigenvalue weighted by molar-refractivity contribution is 5.94. The van der Waals surface area contributed by atoms with Crippen molar-refractivity contribution in [3.8, 4) is 11.5 Å². The molecule has 6 heteroatoms. The van der Waals surface area contributed by atoms with Gasteiger partial charge in [-0.15, -0.1) is 0 Å². The van der Waals surface area contributed by atoms with Gasteiger partial charge in [0.1, 0.15) is 18.5 Å². The number of morpholine rings is 1. The maximum Gasteiger partial charge on any atom is 0.254 e. The van der Waals surface area contributed by atoms with Gasteiger partial charge in [-0.25, -0.2) is 4.39 Å². The molecule has 5 nitrogen and oxygen atoms in total. The number of hydrogen-bond donors (Lipinski definition) is 0. The zero-order chi connectivity index (χ0) is 18.5. The van der Waals surface area contributed by atoms with Gasteiger partial charge in [-0.2, -0.15) is 0 Å². The Morgan fingerprint density at radius 1 is 1.27 bits per heavy atom. The molecule has 1 saturated heterocycles. The fourth-order valence-corrected chi connectivity index (χ4v) is 2.82. The minimum Gasteiger partial charge on any atom is -0.497 e. The third kappa shape index (κ3) is 4.32. The third-order valence-corrected chi connectivity index (χ3v) is 4.27. The van der Waals surface area contributed by atoms with Crippen molar-refractivity contribution in [2.24, 2.45) is 0 Å². The summed E-state index contributed by atoms with van der Waals surface area (Å²) in [6.45, 7) is 3.40. The molecular weight excluding hydrogens is 337 g/mol. The third-order valence-electron chi connectivity index (χ3n) is 4.27. The average Bonchev–Trinajstić information content (AvgIpc) is 2.68. The second-order valence-corrected chi connectivity index (χ2v) is 6.22. The van der Waals surface area contributed by atoms with E-state index in [0.29, 0.717) is 31.0 Å². The zero-order valence-corrected chi connectivity index (χ0v) is 14.9. The summed E-state index contributed by atoms with van der Waals surface area (Å²) in [6.07, 6.45) is -0.300. The number of benzene rings is 2. The molecule has 1 fully saturated rings. The van der Waals surface area contributed by atoms with E-state index in [1.807, 2.05) is 6.92 Å². The summed E-state index contributed by atoms with van der Waals surface area (Å²) in [5, 5.41) is 0. The molecule has 1 amide bonds. The molecule has 138 valence electrons. The lowest BCUT2D eigenvalue weighted by molar-refractivity contribution is -0.0405. The molecule has 2 aromatic carbocycles. The van der Waals surface area contributed by atoms with Crippen molar-refractivity contribution in [1.29, 1.82) is 0 Å². The topological polar surface area (TPSA) is 48.0 Å². The van der Waals surface area contributed by atoms with E-state index in [1.54, 1.807) is 48.4 Å². The number of nitrogens with zero attached hydrogens (tertiary/aromatic N) is 1. The Hall–Kier alpha value is -2.60. The van der Waals surface area contributed by atoms with E-state index in [-0.39, 0.29) is 24.4 Å². The molecule has 1 atom stereocenters. The number of methoxy groups -OCH3 is 1. The Labute approximate surface area is 152 Å². The molecule has 1 aliphatic rings. The van der Waals surface area contributed by atoms with Gasteiger partial charge in [-0.3, -0.25) is 4.79 Å². The predicted octanol–water partition coefficient (Wildman–Crippen LogP) is 3.06. The molecule has 0 spiro atoms. The minimum absolute atomic E-state index is 0.0670. The van der Waals surface area contributed by atoms with Crippen molar-refractivity contribution >= 4 is 5.91 Å². The van der Waals surface area contributed by atoms with Crippen molar-refractivity contribution in [3.63, 3.8) is 0 Å². The van der Waals surface area contributed by atoms with E-state index in [2.05, 4.69) is 0 Å². The van der Waals surface area contributed by atoms with Gasteiger partial charge in [0.25, 0.3) is 5.91 Å². The van der Waals surface area contributed by atoms with Crippen molar-refractivity contribution in [3.05, 3.63) is 59.4 Å². The Kier molecular flexibility index (Phi) is 5.73. The van der Waals surface area contributed by atoms with Gasteiger partial charge in [0, 0.05) is 12.1 Å². The minimum atomic E-state index is -0.405. The molecule has 1 aliphatic heterocycles. The van der Waals surface area contributed by atoms with Crippen LogP contribution in [0.3, 0.4) is 0 Å². The summed E-state index contributed by atoms with van der Waals surface area (Å²) in [7, 11) is 1.58. The second-order valence-electron chi connectivity index (χ2n) is 6.22. The fourth-order valence-electron chi connectivity index (χ4n) is 2.82. The van der Waals surface area contributed by atoms with Gasteiger partial charge >= 0.3 is 0 Å². The van der Waals surface area contributed by atoms with Crippen LogP contribution < -0.4 is 9.47 Å². The summed E-state index contributed by atoms with van der Waals surface area (Å²) < 4.78 is 30.1. The molecule has 0 saturated carbocycles. The number of carbonyl (C=O) groups excluding carboxylic acids is 1. The maximum atomic E-state index is 13.8. The van der Waals surface area contributed by atoms with Crippen molar-refractivity contribution in [2.45, 2.75) is 13.0 Å². The first-order chi connectivity index (χ1) is 12.6. The standard InChI is InChI=1S/C20H22FNO4/c1-14-3-8-18(21)19(11-14)26-13-17-12-22(9-10-25-17)20(23)15-4-6-16(24-2)7-5-15/h3-8,11,17H,9-10,12-13H2,1-2H3. The van der Waals surface area contributed by atoms with Gasteiger partial charge in [0.15, 0.2) is 11.6 Å². The first-order valence-electron chi connectivity index (χ1n) is 8.50. The van der Waals surface area contributed by atoms with Crippen LogP contribution in [0.25, 0.3) is 0 Å². The maximum absolute atomic E-state index is 13.8. The van der Waals surface area contributed by atoms with E-state index in [1.165, 1.54) is 6.07 Å². The lowest BCUT2D eigenvalue weighted by Gasteiger charge is -2.33. The quantitative estimate of drug-likeness (QED) is 0.823. The van der Waals surface area contributed by atoms with Crippen LogP contribution >= 0.6 is 0 Å². The fraction of sp³-hybridized carbons (Fsp3) is 0.350. The SMILES string of the molecule is COc1ccc(C(=O)N2CCOC(COc3cc(C)ccc3F)C2)cc1. The molecule has 0 N–H and O–H groups in total. The van der Waals surface area contributed by atoms with Crippen molar-refractivity contribution < 1.29 is 23.4 Å². The van der Waals surface area contributed by atoms with Crippen molar-refractivity contribution in [2.75, 3.05) is 33.4 Å². The molecule has 1 unspecified atom stereocenters. The summed E-state index contributed by atoms with van der Waals surface area (Å²) in [4.78, 5) is 14.4. The van der Waals surface area contributed by atoms with E-state index < -0.39 is 5.82 Å². The van der Waals surface area contributed by atoms with Gasteiger partial charge in [0.2, 0.25) is 0 Å². The molecule has 2 aromatic rings. The van der Waals surface area contributed by atoms with Crippen LogP contribution in [0.1, 0.15) is 15.9 Å². The van der Waals surface area contributed by atoms with Crippen LogP contribution in [0.4, 0.5) is 4.39 Å². The van der Waals surface area contributed by atoms with Crippen molar-refractivity contribution in [1.82, 2.24) is 4.90 Å². The molecule has 26 heavy (non-hydrogen) atoms. The highest BCUT2D eigenvalue weighted by Gasteiger charge is 2.25. The number of rotatable bonds is 5. The second kappa shape index (κ2) is 8.19. The number of ether oxygens (including phenoxy) is 3. The number of carbonyl (C=O) groups is 1. The van der Waals surface area contributed by atoms with Gasteiger partial charge in [0.05, 0.1) is 20.3 Å². The summed E-state index contributed by atoms with van der Waals surface area (Å²) >= 11 is 0.